The Hall–Kier alpha value is -0.760. The van der Waals surface area contributed by atoms with E-state index in [1.165, 1.54) is 0 Å². The van der Waals surface area contributed by atoms with Gasteiger partial charge < -0.3 is 0 Å². The van der Waals surface area contributed by atoms with E-state index in [-0.39, 0.29) is 13.1 Å². The quantitative estimate of drug-likeness (QED) is 0.792. The summed E-state index contributed by atoms with van der Waals surface area (Å²) in [6.07, 6.45) is -5.70. The first-order chi connectivity index (χ1) is 8.86. The zero-order valence-corrected chi connectivity index (χ0v) is 10.8. The molecule has 0 saturated carbocycles. The summed E-state index contributed by atoms with van der Waals surface area (Å²) in [5.41, 5.74) is -0.907. The Bertz CT molecular complexity index is 417. The van der Waals surface area contributed by atoms with Crippen LogP contribution in [0.4, 0.5) is 22.0 Å². The smallest absolute Gasteiger partial charge is 0.296 e. The minimum absolute atomic E-state index is 0.212. The fourth-order valence-electron chi connectivity index (χ4n) is 2.15. The molecule has 0 amide bonds. The lowest BCUT2D eigenvalue weighted by molar-refractivity contribution is -0.140. The van der Waals surface area contributed by atoms with E-state index in [0.29, 0.717) is 24.4 Å². The minimum Gasteiger partial charge on any atom is -0.296 e. The van der Waals surface area contributed by atoms with Crippen LogP contribution in [0.15, 0.2) is 5.38 Å². The Balaban J connectivity index is 1.95. The van der Waals surface area contributed by atoms with Crippen molar-refractivity contribution < 1.29 is 22.0 Å². The average Bonchev–Trinajstić information content (AvgIpc) is 2.77. The monoisotopic (exact) mass is 300 g/mol. The van der Waals surface area contributed by atoms with Crippen LogP contribution in [0.3, 0.4) is 0 Å². The van der Waals surface area contributed by atoms with E-state index in [9.17, 15) is 22.0 Å². The van der Waals surface area contributed by atoms with Crippen LogP contribution in [0.1, 0.15) is 23.5 Å². The topological polar surface area (TPSA) is 16.1 Å². The predicted molar refractivity (Wildman–Crippen MR) is 61.1 cm³/mol. The van der Waals surface area contributed by atoms with Gasteiger partial charge in [-0.1, -0.05) is 0 Å². The molecule has 108 valence electrons. The van der Waals surface area contributed by atoms with Crippen molar-refractivity contribution in [1.29, 1.82) is 0 Å². The molecule has 0 N–H and O–H groups in total. The normalized spacial score (nSPS) is 22.1. The van der Waals surface area contributed by atoms with Gasteiger partial charge in [-0.25, -0.2) is 13.8 Å². The van der Waals surface area contributed by atoms with Crippen LogP contribution in [0.25, 0.3) is 0 Å². The van der Waals surface area contributed by atoms with Crippen LogP contribution in [0, 0.1) is 5.92 Å². The van der Waals surface area contributed by atoms with Crippen LogP contribution in [-0.2, 0) is 12.7 Å². The van der Waals surface area contributed by atoms with Crippen molar-refractivity contribution >= 4 is 11.3 Å². The second-order valence-corrected chi connectivity index (χ2v) is 5.54. The molecular weight excluding hydrogens is 287 g/mol. The lowest BCUT2D eigenvalue weighted by atomic mass is 9.99. The molecule has 1 aromatic heterocycles. The summed E-state index contributed by atoms with van der Waals surface area (Å²) in [6.45, 7) is 1.06. The second kappa shape index (κ2) is 5.70. The third kappa shape index (κ3) is 3.85. The van der Waals surface area contributed by atoms with Gasteiger partial charge in [0.2, 0.25) is 6.43 Å². The first kappa shape index (κ1) is 14.6. The van der Waals surface area contributed by atoms with Crippen LogP contribution in [0.5, 0.6) is 0 Å². The third-order valence-electron chi connectivity index (χ3n) is 3.10. The maximum atomic E-state index is 12.6. The molecule has 1 aliphatic rings. The van der Waals surface area contributed by atoms with E-state index in [4.69, 9.17) is 0 Å². The molecule has 0 spiro atoms. The first-order valence-corrected chi connectivity index (χ1v) is 6.76. The number of thiazole rings is 1. The number of halogens is 5. The van der Waals surface area contributed by atoms with Gasteiger partial charge in [0.1, 0.15) is 5.01 Å². The van der Waals surface area contributed by atoms with Crippen molar-refractivity contribution in [1.82, 2.24) is 9.88 Å². The molecule has 0 radical (unpaired) electrons. The standard InChI is InChI=1S/C11H13F5N2S/c12-10(13)7-2-1-3-18(4-7)5-9-17-8(6-19-9)11(14,15)16/h6-7,10H,1-5H2. The molecule has 0 bridgehead atoms. The van der Waals surface area contributed by atoms with Gasteiger partial charge in [0.05, 0.1) is 6.54 Å². The lowest BCUT2D eigenvalue weighted by Crippen LogP contribution is -2.37. The van der Waals surface area contributed by atoms with Gasteiger partial charge >= 0.3 is 6.18 Å². The Morgan fingerprint density at radius 2 is 2.16 bits per heavy atom. The summed E-state index contributed by atoms with van der Waals surface area (Å²) in [5, 5.41) is 1.28. The van der Waals surface area contributed by atoms with Gasteiger partial charge in [0, 0.05) is 17.8 Å². The van der Waals surface area contributed by atoms with Crippen molar-refractivity contribution in [3.8, 4) is 0 Å². The number of rotatable bonds is 3. The van der Waals surface area contributed by atoms with E-state index in [2.05, 4.69) is 4.98 Å². The molecule has 1 atom stereocenters. The van der Waals surface area contributed by atoms with E-state index in [1.807, 2.05) is 0 Å². The number of aromatic nitrogens is 1. The van der Waals surface area contributed by atoms with Gasteiger partial charge in [-0.3, -0.25) is 4.90 Å². The molecule has 0 aromatic carbocycles. The molecular formula is C11H13F5N2S. The van der Waals surface area contributed by atoms with Gasteiger partial charge in [-0.05, 0) is 19.4 Å². The predicted octanol–water partition coefficient (Wildman–Crippen LogP) is 3.64. The molecule has 1 unspecified atom stereocenters. The minimum atomic E-state index is -4.44. The van der Waals surface area contributed by atoms with E-state index >= 15 is 0 Å². The molecule has 2 nitrogen and oxygen atoms in total. The van der Waals surface area contributed by atoms with Gasteiger partial charge in [-0.2, -0.15) is 13.2 Å². The fourth-order valence-corrected chi connectivity index (χ4v) is 2.99. The van der Waals surface area contributed by atoms with Gasteiger partial charge in [0.25, 0.3) is 0 Å². The van der Waals surface area contributed by atoms with Crippen molar-refractivity contribution in [3.05, 3.63) is 16.1 Å². The third-order valence-corrected chi connectivity index (χ3v) is 3.93. The highest BCUT2D eigenvalue weighted by molar-refractivity contribution is 7.09. The Labute approximate surface area is 111 Å². The summed E-state index contributed by atoms with van der Waals surface area (Å²) < 4.78 is 62.3. The van der Waals surface area contributed by atoms with Gasteiger partial charge in [-0.15, -0.1) is 11.3 Å². The molecule has 1 aliphatic heterocycles. The summed E-state index contributed by atoms with van der Waals surface area (Å²) in [7, 11) is 0. The molecule has 0 aliphatic carbocycles. The van der Waals surface area contributed by atoms with Crippen LogP contribution in [-0.4, -0.2) is 29.4 Å². The number of hydrogen-bond acceptors (Lipinski definition) is 3. The Kier molecular flexibility index (Phi) is 4.39. The number of nitrogens with zero attached hydrogens (tertiary/aromatic N) is 2. The van der Waals surface area contributed by atoms with E-state index < -0.39 is 24.2 Å². The zero-order chi connectivity index (χ0) is 14.0. The lowest BCUT2D eigenvalue weighted by Gasteiger charge is -2.31. The first-order valence-electron chi connectivity index (χ1n) is 5.88. The van der Waals surface area contributed by atoms with Gasteiger partial charge in [0.15, 0.2) is 5.69 Å². The largest absolute Gasteiger partial charge is 0.434 e. The highest BCUT2D eigenvalue weighted by Gasteiger charge is 2.34. The maximum Gasteiger partial charge on any atom is 0.434 e. The Morgan fingerprint density at radius 3 is 2.74 bits per heavy atom. The highest BCUT2D eigenvalue weighted by atomic mass is 32.1. The van der Waals surface area contributed by atoms with Crippen molar-refractivity contribution in [3.63, 3.8) is 0 Å². The van der Waals surface area contributed by atoms with Crippen LogP contribution >= 0.6 is 11.3 Å². The zero-order valence-electron chi connectivity index (χ0n) is 9.96. The summed E-state index contributed by atoms with van der Waals surface area (Å²) in [6, 6.07) is 0. The second-order valence-electron chi connectivity index (χ2n) is 4.60. The SMILES string of the molecule is FC(F)C1CCCN(Cc2nc(C(F)(F)F)cs2)C1. The number of likely N-dealkylation sites (tertiary alicyclic amines) is 1. The van der Waals surface area contributed by atoms with Crippen molar-refractivity contribution in [2.24, 2.45) is 5.92 Å². The molecule has 1 fully saturated rings. The Morgan fingerprint density at radius 1 is 1.42 bits per heavy atom. The number of piperidine rings is 1. The molecule has 1 saturated heterocycles. The van der Waals surface area contributed by atoms with Crippen LogP contribution < -0.4 is 0 Å². The van der Waals surface area contributed by atoms with E-state index in [0.717, 1.165) is 16.7 Å². The number of alkyl halides is 5. The summed E-state index contributed by atoms with van der Waals surface area (Å²) in [5.74, 6) is -0.684. The molecule has 2 rings (SSSR count). The molecule has 2 heterocycles. The van der Waals surface area contributed by atoms with Crippen molar-refractivity contribution in [2.45, 2.75) is 32.0 Å². The fraction of sp³-hybridized carbons (Fsp3) is 0.727. The summed E-state index contributed by atoms with van der Waals surface area (Å²) in [4.78, 5) is 5.26. The average molecular weight is 300 g/mol. The van der Waals surface area contributed by atoms with Crippen molar-refractivity contribution in [2.75, 3.05) is 13.1 Å². The van der Waals surface area contributed by atoms with E-state index in [1.54, 1.807) is 4.90 Å². The molecule has 1 aromatic rings. The maximum absolute atomic E-state index is 12.6. The molecule has 8 heteroatoms. The highest BCUT2D eigenvalue weighted by Crippen LogP contribution is 2.31. The number of hydrogen-bond donors (Lipinski definition) is 0. The summed E-state index contributed by atoms with van der Waals surface area (Å²) >= 11 is 0.919. The van der Waals surface area contributed by atoms with Crippen LogP contribution in [0.2, 0.25) is 0 Å². The molecule has 19 heavy (non-hydrogen) atoms.